The van der Waals surface area contributed by atoms with Crippen LogP contribution >= 0.6 is 0 Å². The van der Waals surface area contributed by atoms with Gasteiger partial charge < -0.3 is 4.55 Å². The molecule has 20 heavy (non-hydrogen) atoms. The highest BCUT2D eigenvalue weighted by molar-refractivity contribution is 7.90. The van der Waals surface area contributed by atoms with E-state index in [1.165, 1.54) is 12.8 Å². The van der Waals surface area contributed by atoms with Gasteiger partial charge in [0.2, 0.25) is 0 Å². The number of nitrogens with two attached hydrogens (primary N) is 1. The van der Waals surface area contributed by atoms with Crippen LogP contribution in [-0.2, 0) is 16.8 Å². The van der Waals surface area contributed by atoms with Gasteiger partial charge in [0.25, 0.3) is 0 Å². The first kappa shape index (κ1) is 15.9. The molecule has 2 rings (SSSR count). The molecule has 1 aliphatic carbocycles. The van der Waals surface area contributed by atoms with E-state index >= 15 is 0 Å². The van der Waals surface area contributed by atoms with Crippen molar-refractivity contribution in [3.8, 4) is 0 Å². The summed E-state index contributed by atoms with van der Waals surface area (Å²) in [5.41, 5.74) is 0.812. The van der Waals surface area contributed by atoms with Gasteiger partial charge in [-0.15, -0.1) is 0 Å². The lowest BCUT2D eigenvalue weighted by molar-refractivity contribution is 0.116. The van der Waals surface area contributed by atoms with E-state index in [9.17, 15) is 4.55 Å². The molecule has 1 aromatic heterocycles. The van der Waals surface area contributed by atoms with Crippen LogP contribution in [0.15, 0.2) is 12.4 Å². The third-order valence-corrected chi connectivity index (χ3v) is 6.45. The van der Waals surface area contributed by atoms with Crippen molar-refractivity contribution in [1.82, 2.24) is 10.2 Å². The lowest BCUT2D eigenvalue weighted by Gasteiger charge is -2.53. The van der Waals surface area contributed by atoms with Gasteiger partial charge in [-0.05, 0) is 31.6 Å². The highest BCUT2D eigenvalue weighted by atomic mass is 32.2. The van der Waals surface area contributed by atoms with Crippen molar-refractivity contribution in [3.05, 3.63) is 18.0 Å². The minimum atomic E-state index is -1.41. The molecule has 0 spiro atoms. The molecule has 1 saturated carbocycles. The van der Waals surface area contributed by atoms with Gasteiger partial charge in [0.05, 0.1) is 11.6 Å². The number of hydrogen-bond acceptors (Lipinski definition) is 3. The molecule has 0 bridgehead atoms. The number of H-pyrrole nitrogens is 1. The summed E-state index contributed by atoms with van der Waals surface area (Å²) in [6.45, 7) is 10.7. The van der Waals surface area contributed by atoms with Crippen molar-refractivity contribution in [3.63, 3.8) is 0 Å². The monoisotopic (exact) mass is 297 g/mol. The van der Waals surface area contributed by atoms with Crippen LogP contribution in [0.25, 0.3) is 0 Å². The minimum absolute atomic E-state index is 0.0575. The maximum atomic E-state index is 12.3. The Hall–Kier alpha value is -0.520. The quantitative estimate of drug-likeness (QED) is 0.820. The van der Waals surface area contributed by atoms with Crippen molar-refractivity contribution < 1.29 is 4.55 Å². The number of nitrogens with one attached hydrogen (secondary N) is 1. The Morgan fingerprint density at radius 1 is 1.35 bits per heavy atom. The van der Waals surface area contributed by atoms with E-state index in [0.717, 1.165) is 12.0 Å². The van der Waals surface area contributed by atoms with Crippen LogP contribution < -0.4 is 5.14 Å². The Morgan fingerprint density at radius 2 is 1.95 bits per heavy atom. The van der Waals surface area contributed by atoms with Gasteiger partial charge >= 0.3 is 0 Å². The molecule has 114 valence electrons. The van der Waals surface area contributed by atoms with Crippen LogP contribution in [0.3, 0.4) is 0 Å². The Morgan fingerprint density at radius 3 is 2.30 bits per heavy atom. The van der Waals surface area contributed by atoms with Gasteiger partial charge in [-0.25, -0.2) is 0 Å². The first-order valence-electron chi connectivity index (χ1n) is 7.28. The highest BCUT2D eigenvalue weighted by Gasteiger charge is 2.61. The van der Waals surface area contributed by atoms with E-state index in [2.05, 4.69) is 31.0 Å². The smallest absolute Gasteiger partial charge is 0.149 e. The van der Waals surface area contributed by atoms with E-state index in [1.807, 2.05) is 26.2 Å². The van der Waals surface area contributed by atoms with Gasteiger partial charge in [0.15, 0.2) is 0 Å². The predicted molar refractivity (Wildman–Crippen MR) is 83.5 cm³/mol. The van der Waals surface area contributed by atoms with Gasteiger partial charge in [-0.2, -0.15) is 10.2 Å². The third kappa shape index (κ3) is 2.40. The zero-order valence-corrected chi connectivity index (χ0v) is 14.0. The molecule has 1 aliphatic rings. The van der Waals surface area contributed by atoms with Crippen molar-refractivity contribution in [2.24, 2.45) is 16.5 Å². The first-order valence-corrected chi connectivity index (χ1v) is 8.50. The van der Waals surface area contributed by atoms with E-state index in [4.69, 9.17) is 5.14 Å². The minimum Gasteiger partial charge on any atom is -0.598 e. The molecule has 1 fully saturated rings. The lowest BCUT2D eigenvalue weighted by Crippen LogP contribution is -2.61. The fourth-order valence-corrected chi connectivity index (χ4v) is 4.62. The summed E-state index contributed by atoms with van der Waals surface area (Å²) in [4.78, 5) is 0. The predicted octanol–water partition coefficient (Wildman–Crippen LogP) is 2.89. The Labute approximate surface area is 125 Å². The van der Waals surface area contributed by atoms with Crippen molar-refractivity contribution in [2.45, 2.75) is 64.0 Å². The number of rotatable bonds is 5. The van der Waals surface area contributed by atoms with Crippen LogP contribution in [0.4, 0.5) is 0 Å². The van der Waals surface area contributed by atoms with E-state index in [1.54, 1.807) is 0 Å². The third-order valence-electron chi connectivity index (χ3n) is 5.09. The standard InChI is InChI=1S/C15H27N3OS/c1-13(2,3)15(8-11-6-7-11,12-9-17-18-10-12)14(4,5)20(16)19/h9-11H,6-8,16H2,1-5H3,(H,17,18). The van der Waals surface area contributed by atoms with Crippen LogP contribution in [0.2, 0.25) is 0 Å². The van der Waals surface area contributed by atoms with Crippen LogP contribution in [0.1, 0.15) is 59.4 Å². The molecule has 0 radical (unpaired) electrons. The number of hydrogen-bond donors (Lipinski definition) is 2. The molecule has 2 unspecified atom stereocenters. The SMILES string of the molecule is CC(C)(C)C(CC1CC1)(c1cn[nH]c1)C(C)(C)[S+](N)[O-]. The van der Waals surface area contributed by atoms with Gasteiger partial charge in [0.1, 0.15) is 4.75 Å². The maximum absolute atomic E-state index is 12.3. The Bertz CT molecular complexity index is 446. The second-order valence-electron chi connectivity index (χ2n) is 7.60. The summed E-state index contributed by atoms with van der Waals surface area (Å²) in [5.74, 6) is 0.715. The average molecular weight is 297 g/mol. The fourth-order valence-electron chi connectivity index (χ4n) is 3.76. The molecular weight excluding hydrogens is 270 g/mol. The number of aromatic nitrogens is 2. The zero-order valence-electron chi connectivity index (χ0n) is 13.2. The van der Waals surface area contributed by atoms with Gasteiger partial charge in [-0.3, -0.25) is 5.10 Å². The van der Waals surface area contributed by atoms with Gasteiger partial charge in [-0.1, -0.05) is 33.6 Å². The molecule has 0 saturated heterocycles. The van der Waals surface area contributed by atoms with Crippen LogP contribution in [-0.4, -0.2) is 19.5 Å². The first-order chi connectivity index (χ1) is 9.13. The maximum Gasteiger partial charge on any atom is 0.149 e. The molecule has 2 atom stereocenters. The normalized spacial score (nSPS) is 21.6. The number of aromatic amines is 1. The Balaban J connectivity index is 2.60. The molecule has 4 nitrogen and oxygen atoms in total. The van der Waals surface area contributed by atoms with Crippen LogP contribution in [0, 0.1) is 11.3 Å². The van der Waals surface area contributed by atoms with Crippen molar-refractivity contribution in [1.29, 1.82) is 0 Å². The second kappa shape index (κ2) is 5.04. The second-order valence-corrected chi connectivity index (χ2v) is 9.21. The fraction of sp³-hybridized carbons (Fsp3) is 0.800. The molecule has 3 N–H and O–H groups in total. The molecule has 1 heterocycles. The Kier molecular flexibility index (Phi) is 4.00. The topological polar surface area (TPSA) is 77.8 Å². The lowest BCUT2D eigenvalue weighted by atomic mass is 9.55. The molecule has 1 aromatic rings. The molecule has 5 heteroatoms. The summed E-state index contributed by atoms with van der Waals surface area (Å²) in [5, 5.41) is 13.0. The summed E-state index contributed by atoms with van der Waals surface area (Å²) in [7, 11) is 0. The molecule has 0 amide bonds. The zero-order chi connectivity index (χ0) is 15.2. The van der Waals surface area contributed by atoms with Gasteiger partial charge in [0, 0.05) is 23.1 Å². The van der Waals surface area contributed by atoms with E-state index in [-0.39, 0.29) is 10.8 Å². The summed E-state index contributed by atoms with van der Waals surface area (Å²) in [6, 6.07) is 0. The molecular formula is C15H27N3OS. The van der Waals surface area contributed by atoms with Crippen molar-refractivity contribution in [2.75, 3.05) is 0 Å². The van der Waals surface area contributed by atoms with Crippen LogP contribution in [0.5, 0.6) is 0 Å². The average Bonchev–Trinajstić information content (AvgIpc) is 2.96. The summed E-state index contributed by atoms with van der Waals surface area (Å²) in [6.07, 6.45) is 7.38. The van der Waals surface area contributed by atoms with E-state index in [0.29, 0.717) is 5.92 Å². The largest absolute Gasteiger partial charge is 0.598 e. The summed E-state index contributed by atoms with van der Waals surface area (Å²) < 4.78 is 11.8. The van der Waals surface area contributed by atoms with E-state index < -0.39 is 16.1 Å². The summed E-state index contributed by atoms with van der Waals surface area (Å²) >= 11 is -1.41. The van der Waals surface area contributed by atoms with Crippen molar-refractivity contribution >= 4 is 11.4 Å². The molecule has 0 aromatic carbocycles. The molecule has 0 aliphatic heterocycles. The highest BCUT2D eigenvalue weighted by Crippen LogP contribution is 2.57. The number of nitrogens with zero attached hydrogens (tertiary/aromatic N) is 1.